The Hall–Kier alpha value is -1.10. The zero-order chi connectivity index (χ0) is 10.6. The largest absolute Gasteiger partial charge is 0.378 e. The van der Waals surface area contributed by atoms with Crippen molar-refractivity contribution >= 4 is 22.4 Å². The molecule has 0 bridgehead atoms. The minimum Gasteiger partial charge on any atom is -0.378 e. The summed E-state index contributed by atoms with van der Waals surface area (Å²) in [6, 6.07) is 0. The maximum absolute atomic E-state index is 11.7. The van der Waals surface area contributed by atoms with Crippen LogP contribution in [0.5, 0.6) is 0 Å². The second kappa shape index (κ2) is 4.95. The molecule has 0 unspecified atom stereocenters. The summed E-state index contributed by atoms with van der Waals surface area (Å²) in [5.41, 5.74) is 1.46. The molecule has 0 fully saturated rings. The zero-order valence-corrected chi connectivity index (χ0v) is 9.49. The van der Waals surface area contributed by atoms with Gasteiger partial charge in [-0.3, -0.25) is 4.79 Å². The first-order valence-corrected chi connectivity index (χ1v) is 5.40. The number of hydrogen-bond acceptors (Lipinski definition) is 4. The highest BCUT2D eigenvalue weighted by Crippen LogP contribution is 2.23. The van der Waals surface area contributed by atoms with Gasteiger partial charge in [-0.2, -0.15) is 4.37 Å². The van der Waals surface area contributed by atoms with Gasteiger partial charge < -0.3 is 10.6 Å². The molecule has 0 aliphatic rings. The normalized spacial score (nSPS) is 9.93. The first-order valence-electron chi connectivity index (χ1n) is 4.63. The number of aromatic nitrogens is 1. The number of aryl methyl sites for hydroxylation is 1. The van der Waals surface area contributed by atoms with Gasteiger partial charge in [0, 0.05) is 13.6 Å². The second-order valence-corrected chi connectivity index (χ2v) is 3.75. The minimum absolute atomic E-state index is 0.0394. The third-order valence-electron chi connectivity index (χ3n) is 1.85. The summed E-state index contributed by atoms with van der Waals surface area (Å²) in [5.74, 6) is -0.0394. The van der Waals surface area contributed by atoms with Gasteiger partial charge in [-0.1, -0.05) is 6.92 Å². The van der Waals surface area contributed by atoms with Crippen LogP contribution in [0.1, 0.15) is 29.4 Å². The molecule has 0 atom stereocenters. The van der Waals surface area contributed by atoms with Gasteiger partial charge in [-0.15, -0.1) is 0 Å². The Morgan fingerprint density at radius 2 is 2.29 bits per heavy atom. The zero-order valence-electron chi connectivity index (χ0n) is 8.68. The van der Waals surface area contributed by atoms with Crippen molar-refractivity contribution in [3.8, 4) is 0 Å². The highest BCUT2D eigenvalue weighted by atomic mass is 32.1. The van der Waals surface area contributed by atoms with Crippen LogP contribution in [-0.2, 0) is 0 Å². The van der Waals surface area contributed by atoms with Gasteiger partial charge in [0.15, 0.2) is 0 Å². The first kappa shape index (κ1) is 11.0. The van der Waals surface area contributed by atoms with E-state index in [-0.39, 0.29) is 5.91 Å². The molecule has 1 rings (SSSR count). The number of carbonyl (C=O) groups is 1. The van der Waals surface area contributed by atoms with E-state index in [4.69, 9.17) is 0 Å². The third kappa shape index (κ3) is 2.23. The van der Waals surface area contributed by atoms with Crippen LogP contribution in [0.25, 0.3) is 0 Å². The summed E-state index contributed by atoms with van der Waals surface area (Å²) in [7, 11) is 1.80. The van der Waals surface area contributed by atoms with E-state index in [0.29, 0.717) is 12.1 Å². The molecule has 0 spiro atoms. The Bertz CT molecular complexity index is 322. The lowest BCUT2D eigenvalue weighted by Crippen LogP contribution is -2.24. The molecule has 1 amide bonds. The van der Waals surface area contributed by atoms with Gasteiger partial charge in [-0.05, 0) is 24.9 Å². The highest BCUT2D eigenvalue weighted by Gasteiger charge is 2.16. The molecule has 78 valence electrons. The van der Waals surface area contributed by atoms with Crippen molar-refractivity contribution in [2.24, 2.45) is 0 Å². The number of nitrogens with one attached hydrogen (secondary N) is 2. The summed E-state index contributed by atoms with van der Waals surface area (Å²) in [5, 5.41) is 6.64. The summed E-state index contributed by atoms with van der Waals surface area (Å²) in [6.07, 6.45) is 0.942. The molecule has 14 heavy (non-hydrogen) atoms. The lowest BCUT2D eigenvalue weighted by molar-refractivity contribution is 0.0954. The SMILES string of the molecule is CCCNC(=O)c1c(C)nsc1NC. The Morgan fingerprint density at radius 3 is 2.86 bits per heavy atom. The van der Waals surface area contributed by atoms with Gasteiger partial charge in [0.05, 0.1) is 11.3 Å². The van der Waals surface area contributed by atoms with Crippen molar-refractivity contribution < 1.29 is 4.79 Å². The van der Waals surface area contributed by atoms with E-state index in [1.807, 2.05) is 13.8 Å². The minimum atomic E-state index is -0.0394. The molecule has 0 aliphatic heterocycles. The van der Waals surface area contributed by atoms with E-state index in [2.05, 4.69) is 15.0 Å². The van der Waals surface area contributed by atoms with Crippen molar-refractivity contribution in [3.63, 3.8) is 0 Å². The van der Waals surface area contributed by atoms with E-state index in [1.165, 1.54) is 11.5 Å². The molecular formula is C9H15N3OS. The Balaban J connectivity index is 2.82. The van der Waals surface area contributed by atoms with E-state index in [1.54, 1.807) is 7.05 Å². The number of hydrogen-bond donors (Lipinski definition) is 2. The van der Waals surface area contributed by atoms with Crippen LogP contribution in [0.3, 0.4) is 0 Å². The molecule has 0 aromatic carbocycles. The molecule has 5 heteroatoms. The van der Waals surface area contributed by atoms with Gasteiger partial charge in [0.1, 0.15) is 5.00 Å². The molecule has 0 aliphatic carbocycles. The average Bonchev–Trinajstić information content (AvgIpc) is 2.56. The molecule has 0 radical (unpaired) electrons. The smallest absolute Gasteiger partial charge is 0.256 e. The van der Waals surface area contributed by atoms with E-state index < -0.39 is 0 Å². The Morgan fingerprint density at radius 1 is 1.57 bits per heavy atom. The third-order valence-corrected chi connectivity index (χ3v) is 2.81. The maximum Gasteiger partial charge on any atom is 0.256 e. The molecule has 1 aromatic heterocycles. The van der Waals surface area contributed by atoms with E-state index in [9.17, 15) is 4.79 Å². The number of rotatable bonds is 4. The van der Waals surface area contributed by atoms with E-state index in [0.717, 1.165) is 17.1 Å². The fourth-order valence-corrected chi connectivity index (χ4v) is 1.88. The molecular weight excluding hydrogens is 198 g/mol. The number of amides is 1. The van der Waals surface area contributed by atoms with Crippen LogP contribution < -0.4 is 10.6 Å². The predicted molar refractivity (Wildman–Crippen MR) is 59.0 cm³/mol. The number of anilines is 1. The summed E-state index contributed by atoms with van der Waals surface area (Å²) >= 11 is 1.32. The summed E-state index contributed by atoms with van der Waals surface area (Å²) < 4.78 is 4.13. The van der Waals surface area contributed by atoms with Gasteiger partial charge >= 0.3 is 0 Å². The molecule has 4 nitrogen and oxygen atoms in total. The van der Waals surface area contributed by atoms with Crippen molar-refractivity contribution in [3.05, 3.63) is 11.3 Å². The Labute approximate surface area is 87.9 Å². The van der Waals surface area contributed by atoms with Gasteiger partial charge in [0.25, 0.3) is 5.91 Å². The van der Waals surface area contributed by atoms with Crippen LogP contribution in [-0.4, -0.2) is 23.9 Å². The summed E-state index contributed by atoms with van der Waals surface area (Å²) in [4.78, 5) is 11.7. The van der Waals surface area contributed by atoms with Crippen molar-refractivity contribution in [2.75, 3.05) is 18.9 Å². The average molecular weight is 213 g/mol. The van der Waals surface area contributed by atoms with Crippen LogP contribution in [0.4, 0.5) is 5.00 Å². The molecule has 2 N–H and O–H groups in total. The quantitative estimate of drug-likeness (QED) is 0.799. The van der Waals surface area contributed by atoms with Crippen LogP contribution in [0, 0.1) is 6.92 Å². The van der Waals surface area contributed by atoms with E-state index >= 15 is 0 Å². The molecule has 0 saturated carbocycles. The molecule has 0 saturated heterocycles. The number of nitrogens with zero attached hydrogens (tertiary/aromatic N) is 1. The Kier molecular flexibility index (Phi) is 3.88. The lowest BCUT2D eigenvalue weighted by atomic mass is 10.2. The fourth-order valence-electron chi connectivity index (χ4n) is 1.13. The highest BCUT2D eigenvalue weighted by molar-refractivity contribution is 7.10. The van der Waals surface area contributed by atoms with Gasteiger partial charge in [-0.25, -0.2) is 0 Å². The standard InChI is InChI=1S/C9H15N3OS/c1-4-5-11-8(13)7-6(2)12-14-9(7)10-3/h10H,4-5H2,1-3H3,(H,11,13). The predicted octanol–water partition coefficient (Wildman–Crippen LogP) is 1.63. The van der Waals surface area contributed by atoms with Crippen LogP contribution in [0.15, 0.2) is 0 Å². The molecule has 1 aromatic rings. The van der Waals surface area contributed by atoms with Crippen molar-refractivity contribution in [1.29, 1.82) is 0 Å². The fraction of sp³-hybridized carbons (Fsp3) is 0.556. The molecule has 1 heterocycles. The first-order chi connectivity index (χ1) is 6.70. The summed E-state index contributed by atoms with van der Waals surface area (Å²) in [6.45, 7) is 4.58. The lowest BCUT2D eigenvalue weighted by Gasteiger charge is -2.04. The number of carbonyl (C=O) groups excluding carboxylic acids is 1. The monoisotopic (exact) mass is 213 g/mol. The second-order valence-electron chi connectivity index (χ2n) is 2.98. The van der Waals surface area contributed by atoms with Crippen LogP contribution >= 0.6 is 11.5 Å². The van der Waals surface area contributed by atoms with Crippen molar-refractivity contribution in [1.82, 2.24) is 9.69 Å². The maximum atomic E-state index is 11.7. The van der Waals surface area contributed by atoms with Gasteiger partial charge in [0.2, 0.25) is 0 Å². The topological polar surface area (TPSA) is 54.0 Å². The van der Waals surface area contributed by atoms with Crippen molar-refractivity contribution in [2.45, 2.75) is 20.3 Å². The van der Waals surface area contributed by atoms with Crippen LogP contribution in [0.2, 0.25) is 0 Å².